The molecule has 4 nitrogen and oxygen atoms in total. The summed E-state index contributed by atoms with van der Waals surface area (Å²) >= 11 is 1.83. The van der Waals surface area contributed by atoms with Crippen molar-refractivity contribution in [3.63, 3.8) is 0 Å². The molecule has 2 amide bonds. The molecule has 0 bridgehead atoms. The third-order valence-corrected chi connectivity index (χ3v) is 4.84. The van der Waals surface area contributed by atoms with Crippen LogP contribution in [0.15, 0.2) is 0 Å². The number of thioether (sulfide) groups is 1. The van der Waals surface area contributed by atoms with Crippen molar-refractivity contribution < 1.29 is 4.79 Å². The maximum absolute atomic E-state index is 12.2. The first kappa shape index (κ1) is 16.6. The highest BCUT2D eigenvalue weighted by Crippen LogP contribution is 2.20. The molecule has 1 N–H and O–H groups in total. The molecule has 0 saturated carbocycles. The summed E-state index contributed by atoms with van der Waals surface area (Å²) in [6.07, 6.45) is 3.17. The van der Waals surface area contributed by atoms with E-state index in [4.69, 9.17) is 0 Å². The highest BCUT2D eigenvalue weighted by Gasteiger charge is 2.29. The molecule has 1 aliphatic rings. The van der Waals surface area contributed by atoms with Gasteiger partial charge >= 0.3 is 6.03 Å². The van der Waals surface area contributed by atoms with E-state index in [9.17, 15) is 4.79 Å². The standard InChI is InChI=1S/C14H29N3OS/c1-11(10-19-5)8-15-14(18)17(4)13-6-7-16(3)9-12(13)2/h11-13H,6-10H2,1-5H3,(H,15,18)/t11-,12-,13+/m1/s1. The first-order valence-corrected chi connectivity index (χ1v) is 8.53. The van der Waals surface area contributed by atoms with E-state index in [0.29, 0.717) is 17.9 Å². The SMILES string of the molecule is CSC[C@H](C)CNC(=O)N(C)[C@H]1CCN(C)C[C@H]1C. The Kier molecular flexibility index (Phi) is 7.00. The molecular formula is C14H29N3OS. The Morgan fingerprint density at radius 2 is 2.26 bits per heavy atom. The molecule has 0 aromatic rings. The smallest absolute Gasteiger partial charge is 0.317 e. The summed E-state index contributed by atoms with van der Waals surface area (Å²) in [5.74, 6) is 2.16. The van der Waals surface area contributed by atoms with Crippen LogP contribution < -0.4 is 5.32 Å². The molecule has 1 heterocycles. The zero-order valence-electron chi connectivity index (χ0n) is 13.0. The van der Waals surface area contributed by atoms with Crippen molar-refractivity contribution in [2.24, 2.45) is 11.8 Å². The number of likely N-dealkylation sites (tertiary alicyclic amines) is 1. The van der Waals surface area contributed by atoms with Gasteiger partial charge in [-0.15, -0.1) is 0 Å². The predicted molar refractivity (Wildman–Crippen MR) is 83.8 cm³/mol. The van der Waals surface area contributed by atoms with Gasteiger partial charge in [0.25, 0.3) is 0 Å². The minimum absolute atomic E-state index is 0.0781. The first-order chi connectivity index (χ1) is 8.95. The zero-order chi connectivity index (χ0) is 14.4. The summed E-state index contributed by atoms with van der Waals surface area (Å²) in [7, 11) is 4.08. The Bertz CT molecular complexity index is 288. The molecule has 0 aromatic heterocycles. The van der Waals surface area contributed by atoms with Gasteiger partial charge in [0.05, 0.1) is 0 Å². The Morgan fingerprint density at radius 1 is 1.58 bits per heavy atom. The summed E-state index contributed by atoms with van der Waals surface area (Å²) < 4.78 is 0. The van der Waals surface area contributed by atoms with Gasteiger partial charge in [-0.3, -0.25) is 0 Å². The Morgan fingerprint density at radius 3 is 2.84 bits per heavy atom. The molecule has 3 atom stereocenters. The molecular weight excluding hydrogens is 258 g/mol. The third kappa shape index (κ3) is 5.22. The number of rotatable bonds is 5. The van der Waals surface area contributed by atoms with Crippen molar-refractivity contribution in [2.75, 3.05) is 45.7 Å². The molecule has 0 spiro atoms. The number of nitrogens with one attached hydrogen (secondary N) is 1. The number of hydrogen-bond donors (Lipinski definition) is 1. The van der Waals surface area contributed by atoms with E-state index < -0.39 is 0 Å². The zero-order valence-corrected chi connectivity index (χ0v) is 13.8. The van der Waals surface area contributed by atoms with Gasteiger partial charge in [-0.25, -0.2) is 4.79 Å². The Labute approximate surface area is 122 Å². The number of hydrogen-bond acceptors (Lipinski definition) is 3. The fourth-order valence-electron chi connectivity index (χ4n) is 2.80. The molecule has 0 aliphatic carbocycles. The molecule has 1 aliphatic heterocycles. The van der Waals surface area contributed by atoms with E-state index in [1.165, 1.54) is 0 Å². The molecule has 1 fully saturated rings. The van der Waals surface area contributed by atoms with Crippen LogP contribution in [-0.4, -0.2) is 67.6 Å². The van der Waals surface area contributed by atoms with Crippen LogP contribution in [0, 0.1) is 11.8 Å². The van der Waals surface area contributed by atoms with Gasteiger partial charge in [-0.2, -0.15) is 11.8 Å². The van der Waals surface area contributed by atoms with Crippen LogP contribution in [-0.2, 0) is 0 Å². The highest BCUT2D eigenvalue weighted by molar-refractivity contribution is 7.98. The van der Waals surface area contributed by atoms with Gasteiger partial charge in [0.1, 0.15) is 0 Å². The molecule has 1 rings (SSSR count). The minimum atomic E-state index is 0.0781. The van der Waals surface area contributed by atoms with Gasteiger partial charge < -0.3 is 15.1 Å². The van der Waals surface area contributed by atoms with E-state index in [1.807, 2.05) is 23.7 Å². The Balaban J connectivity index is 2.39. The minimum Gasteiger partial charge on any atom is -0.338 e. The van der Waals surface area contributed by atoms with Crippen molar-refractivity contribution in [1.82, 2.24) is 15.1 Å². The summed E-state index contributed by atoms with van der Waals surface area (Å²) in [5, 5.41) is 3.06. The van der Waals surface area contributed by atoms with Gasteiger partial charge in [0, 0.05) is 26.2 Å². The third-order valence-electron chi connectivity index (χ3n) is 3.93. The average Bonchev–Trinajstić information content (AvgIpc) is 2.35. The fourth-order valence-corrected chi connectivity index (χ4v) is 3.48. The molecule has 0 aromatic carbocycles. The monoisotopic (exact) mass is 287 g/mol. The van der Waals surface area contributed by atoms with Crippen LogP contribution in [0.4, 0.5) is 4.79 Å². The van der Waals surface area contributed by atoms with Gasteiger partial charge in [0.2, 0.25) is 0 Å². The van der Waals surface area contributed by atoms with Crippen molar-refractivity contribution in [2.45, 2.75) is 26.3 Å². The summed E-state index contributed by atoms with van der Waals surface area (Å²) in [4.78, 5) is 16.4. The average molecular weight is 287 g/mol. The quantitative estimate of drug-likeness (QED) is 0.840. The predicted octanol–water partition coefficient (Wildman–Crippen LogP) is 1.97. The second-order valence-electron chi connectivity index (χ2n) is 5.95. The second kappa shape index (κ2) is 8.00. The van der Waals surface area contributed by atoms with Crippen molar-refractivity contribution in [1.29, 1.82) is 0 Å². The van der Waals surface area contributed by atoms with Crippen LogP contribution in [0.2, 0.25) is 0 Å². The van der Waals surface area contributed by atoms with Crippen LogP contribution >= 0.6 is 11.8 Å². The van der Waals surface area contributed by atoms with E-state index in [2.05, 4.69) is 37.4 Å². The van der Waals surface area contributed by atoms with Crippen molar-refractivity contribution in [3.8, 4) is 0 Å². The van der Waals surface area contributed by atoms with Crippen LogP contribution in [0.25, 0.3) is 0 Å². The Hall–Kier alpha value is -0.420. The normalized spacial score (nSPS) is 25.9. The molecule has 5 heteroatoms. The highest BCUT2D eigenvalue weighted by atomic mass is 32.2. The largest absolute Gasteiger partial charge is 0.338 e. The number of piperidine rings is 1. The van der Waals surface area contributed by atoms with E-state index >= 15 is 0 Å². The molecule has 0 radical (unpaired) electrons. The summed E-state index contributed by atoms with van der Waals surface area (Å²) in [5.41, 5.74) is 0. The maximum atomic E-state index is 12.2. The first-order valence-electron chi connectivity index (χ1n) is 7.13. The number of nitrogens with zero attached hydrogens (tertiary/aromatic N) is 2. The molecule has 1 saturated heterocycles. The molecule has 112 valence electrons. The fraction of sp³-hybridized carbons (Fsp3) is 0.929. The maximum Gasteiger partial charge on any atom is 0.317 e. The lowest BCUT2D eigenvalue weighted by atomic mass is 9.93. The number of amides is 2. The molecule has 19 heavy (non-hydrogen) atoms. The van der Waals surface area contributed by atoms with Gasteiger partial charge in [-0.05, 0) is 43.9 Å². The number of carbonyl (C=O) groups excluding carboxylic acids is 1. The van der Waals surface area contributed by atoms with Gasteiger partial charge in [-0.1, -0.05) is 13.8 Å². The lowest BCUT2D eigenvalue weighted by Gasteiger charge is -2.40. The molecule has 0 unspecified atom stereocenters. The van der Waals surface area contributed by atoms with E-state index in [0.717, 1.165) is 31.8 Å². The van der Waals surface area contributed by atoms with Crippen molar-refractivity contribution in [3.05, 3.63) is 0 Å². The lowest BCUT2D eigenvalue weighted by Crippen LogP contribution is -2.52. The summed E-state index contributed by atoms with van der Waals surface area (Å²) in [6.45, 7) is 7.33. The lowest BCUT2D eigenvalue weighted by molar-refractivity contribution is 0.107. The van der Waals surface area contributed by atoms with Crippen molar-refractivity contribution >= 4 is 17.8 Å². The van der Waals surface area contributed by atoms with E-state index in [1.54, 1.807) is 0 Å². The van der Waals surface area contributed by atoms with E-state index in [-0.39, 0.29) is 6.03 Å². The summed E-state index contributed by atoms with van der Waals surface area (Å²) in [6, 6.07) is 0.446. The van der Waals surface area contributed by atoms with Crippen LogP contribution in [0.1, 0.15) is 20.3 Å². The topological polar surface area (TPSA) is 35.6 Å². The van der Waals surface area contributed by atoms with Crippen LogP contribution in [0.3, 0.4) is 0 Å². The number of carbonyl (C=O) groups is 1. The number of urea groups is 1. The second-order valence-corrected chi connectivity index (χ2v) is 6.86. The van der Waals surface area contributed by atoms with Crippen LogP contribution in [0.5, 0.6) is 0 Å². The van der Waals surface area contributed by atoms with Gasteiger partial charge in [0.15, 0.2) is 0 Å².